The number of benzene rings is 1. The molecule has 0 saturated heterocycles. The zero-order valence-corrected chi connectivity index (χ0v) is 12.5. The number of ether oxygens (including phenoxy) is 1. The van der Waals surface area contributed by atoms with Gasteiger partial charge in [-0.15, -0.1) is 0 Å². The molecule has 0 amide bonds. The van der Waals surface area contributed by atoms with Gasteiger partial charge >= 0.3 is 0 Å². The highest BCUT2D eigenvalue weighted by Gasteiger charge is 2.18. The molecular weight excluding hydrogens is 238 g/mol. The average Bonchev–Trinajstić information content (AvgIpc) is 2.60. The molecule has 0 atom stereocenters. The van der Waals surface area contributed by atoms with Crippen molar-refractivity contribution in [3.05, 3.63) is 28.5 Å². The molecule has 0 aliphatic heterocycles. The number of aryl methyl sites for hydroxylation is 2. The summed E-state index contributed by atoms with van der Waals surface area (Å²) in [7, 11) is 3.65. The van der Waals surface area contributed by atoms with Crippen LogP contribution in [0.2, 0.25) is 0 Å². The van der Waals surface area contributed by atoms with Gasteiger partial charge in [-0.3, -0.25) is 0 Å². The number of aromatic nitrogens is 2. The molecule has 19 heavy (non-hydrogen) atoms. The number of anilines is 1. The number of rotatable bonds is 2. The minimum absolute atomic E-state index is 0.541. The van der Waals surface area contributed by atoms with Crippen LogP contribution in [0.25, 0.3) is 11.3 Å². The van der Waals surface area contributed by atoms with Crippen molar-refractivity contribution in [3.8, 4) is 17.0 Å². The Morgan fingerprint density at radius 1 is 1.16 bits per heavy atom. The largest absolute Gasteiger partial charge is 0.496 e. The number of methoxy groups -OCH3 is 1. The van der Waals surface area contributed by atoms with Gasteiger partial charge in [-0.25, -0.2) is 4.98 Å². The van der Waals surface area contributed by atoms with E-state index in [2.05, 4.69) is 31.8 Å². The van der Waals surface area contributed by atoms with E-state index >= 15 is 0 Å². The Labute approximate surface area is 114 Å². The second kappa shape index (κ2) is 4.61. The van der Waals surface area contributed by atoms with Gasteiger partial charge in [0.2, 0.25) is 5.95 Å². The fourth-order valence-corrected chi connectivity index (χ4v) is 2.63. The van der Waals surface area contributed by atoms with Crippen LogP contribution in [0.15, 0.2) is 6.07 Å². The third-order valence-electron chi connectivity index (χ3n) is 3.81. The lowest BCUT2D eigenvalue weighted by atomic mass is 9.94. The van der Waals surface area contributed by atoms with Crippen molar-refractivity contribution in [1.29, 1.82) is 0 Å². The first-order chi connectivity index (χ1) is 8.88. The summed E-state index contributed by atoms with van der Waals surface area (Å²) in [4.78, 5) is 4.35. The molecule has 2 aromatic rings. The molecule has 0 aliphatic carbocycles. The molecule has 1 heterocycles. The lowest BCUT2D eigenvalue weighted by molar-refractivity contribution is 0.411. The normalized spacial score (nSPS) is 10.8. The van der Waals surface area contributed by atoms with Crippen LogP contribution in [-0.2, 0) is 7.05 Å². The number of imidazole rings is 1. The van der Waals surface area contributed by atoms with Crippen molar-refractivity contribution in [2.24, 2.45) is 7.05 Å². The van der Waals surface area contributed by atoms with Crippen LogP contribution < -0.4 is 10.5 Å². The molecule has 4 heteroatoms. The van der Waals surface area contributed by atoms with Crippen molar-refractivity contribution < 1.29 is 4.74 Å². The van der Waals surface area contributed by atoms with Crippen LogP contribution in [0.3, 0.4) is 0 Å². The van der Waals surface area contributed by atoms with Crippen molar-refractivity contribution in [1.82, 2.24) is 9.55 Å². The molecule has 0 saturated carbocycles. The van der Waals surface area contributed by atoms with Crippen LogP contribution >= 0.6 is 0 Å². The Hall–Kier alpha value is -1.97. The van der Waals surface area contributed by atoms with Crippen LogP contribution in [0.1, 0.15) is 22.4 Å². The molecular formula is C15H21N3O. The van der Waals surface area contributed by atoms with Crippen LogP contribution in [-0.4, -0.2) is 16.7 Å². The third kappa shape index (κ3) is 1.97. The molecule has 1 aromatic carbocycles. The second-order valence-electron chi connectivity index (χ2n) is 4.98. The smallest absolute Gasteiger partial charge is 0.200 e. The lowest BCUT2D eigenvalue weighted by Gasteiger charge is -2.17. The summed E-state index contributed by atoms with van der Waals surface area (Å²) in [5.41, 5.74) is 12.7. The predicted octanol–water partition coefficient (Wildman–Crippen LogP) is 2.91. The summed E-state index contributed by atoms with van der Waals surface area (Å²) in [6.07, 6.45) is 0. The van der Waals surface area contributed by atoms with E-state index in [1.807, 2.05) is 18.5 Å². The summed E-state index contributed by atoms with van der Waals surface area (Å²) in [6, 6.07) is 2.07. The molecule has 1 aromatic heterocycles. The first-order valence-corrected chi connectivity index (χ1v) is 6.32. The number of nitrogens with two attached hydrogens (primary N) is 1. The summed E-state index contributed by atoms with van der Waals surface area (Å²) in [5, 5.41) is 0. The maximum atomic E-state index is 5.90. The van der Waals surface area contributed by atoms with Gasteiger partial charge in [-0.2, -0.15) is 0 Å². The van der Waals surface area contributed by atoms with E-state index in [0.29, 0.717) is 5.95 Å². The van der Waals surface area contributed by atoms with E-state index in [0.717, 1.165) is 22.7 Å². The molecule has 0 unspecified atom stereocenters. The Balaban J connectivity index is 2.80. The highest BCUT2D eigenvalue weighted by atomic mass is 16.5. The van der Waals surface area contributed by atoms with E-state index in [4.69, 9.17) is 10.5 Å². The van der Waals surface area contributed by atoms with Crippen LogP contribution in [0.5, 0.6) is 5.75 Å². The number of hydrogen-bond acceptors (Lipinski definition) is 3. The van der Waals surface area contributed by atoms with Crippen molar-refractivity contribution in [2.45, 2.75) is 27.7 Å². The minimum Gasteiger partial charge on any atom is -0.496 e. The van der Waals surface area contributed by atoms with Gasteiger partial charge in [0.05, 0.1) is 18.5 Å². The highest BCUT2D eigenvalue weighted by molar-refractivity contribution is 5.74. The van der Waals surface area contributed by atoms with Crippen molar-refractivity contribution in [2.75, 3.05) is 12.8 Å². The summed E-state index contributed by atoms with van der Waals surface area (Å²) < 4.78 is 7.36. The fraction of sp³-hybridized carbons (Fsp3) is 0.400. The molecule has 102 valence electrons. The molecule has 2 N–H and O–H groups in total. The van der Waals surface area contributed by atoms with E-state index in [1.165, 1.54) is 16.7 Å². The van der Waals surface area contributed by atoms with Crippen molar-refractivity contribution >= 4 is 5.95 Å². The van der Waals surface area contributed by atoms with E-state index in [-0.39, 0.29) is 0 Å². The first kappa shape index (κ1) is 13.5. The van der Waals surface area contributed by atoms with Gasteiger partial charge in [-0.1, -0.05) is 0 Å². The Kier molecular flexibility index (Phi) is 3.27. The Morgan fingerprint density at radius 3 is 2.26 bits per heavy atom. The molecule has 0 aliphatic rings. The van der Waals surface area contributed by atoms with Gasteiger partial charge in [0, 0.05) is 12.6 Å². The zero-order valence-electron chi connectivity index (χ0n) is 12.5. The lowest BCUT2D eigenvalue weighted by Crippen LogP contribution is -2.02. The van der Waals surface area contributed by atoms with Gasteiger partial charge in [0.15, 0.2) is 0 Å². The fourth-order valence-electron chi connectivity index (χ4n) is 2.63. The maximum Gasteiger partial charge on any atom is 0.200 e. The highest BCUT2D eigenvalue weighted by Crippen LogP contribution is 2.36. The SMILES string of the molecule is COc1cc(C)c(-c2c(C)nc(N)n2C)c(C)c1C. The van der Waals surface area contributed by atoms with E-state index in [9.17, 15) is 0 Å². The van der Waals surface area contributed by atoms with Gasteiger partial charge in [-0.05, 0) is 50.5 Å². The number of hydrogen-bond donors (Lipinski definition) is 1. The van der Waals surface area contributed by atoms with Gasteiger partial charge in [0.25, 0.3) is 0 Å². The minimum atomic E-state index is 0.541. The average molecular weight is 259 g/mol. The summed E-state index contributed by atoms with van der Waals surface area (Å²) >= 11 is 0. The number of nitrogens with zero attached hydrogens (tertiary/aromatic N) is 2. The Morgan fingerprint density at radius 2 is 1.79 bits per heavy atom. The Bertz CT molecular complexity index is 642. The molecule has 2 rings (SSSR count). The van der Waals surface area contributed by atoms with Crippen molar-refractivity contribution in [3.63, 3.8) is 0 Å². The predicted molar refractivity (Wildman–Crippen MR) is 78.6 cm³/mol. The molecule has 0 fully saturated rings. The summed E-state index contributed by atoms with van der Waals surface area (Å²) in [6.45, 7) is 8.27. The molecule has 0 spiro atoms. The number of nitrogen functional groups attached to an aromatic ring is 1. The van der Waals surface area contributed by atoms with Gasteiger partial charge < -0.3 is 15.0 Å². The summed E-state index contributed by atoms with van der Waals surface area (Å²) in [5.74, 6) is 1.46. The molecule has 4 nitrogen and oxygen atoms in total. The van der Waals surface area contributed by atoms with E-state index < -0.39 is 0 Å². The van der Waals surface area contributed by atoms with Gasteiger partial charge in [0.1, 0.15) is 5.75 Å². The monoisotopic (exact) mass is 259 g/mol. The second-order valence-corrected chi connectivity index (χ2v) is 4.98. The maximum absolute atomic E-state index is 5.90. The first-order valence-electron chi connectivity index (χ1n) is 6.32. The molecule has 0 bridgehead atoms. The third-order valence-corrected chi connectivity index (χ3v) is 3.81. The van der Waals surface area contributed by atoms with E-state index in [1.54, 1.807) is 7.11 Å². The molecule has 0 radical (unpaired) electrons. The quantitative estimate of drug-likeness (QED) is 0.902. The topological polar surface area (TPSA) is 53.1 Å². The standard InChI is InChI=1S/C15H21N3O/c1-8-7-12(19-6)9(2)10(3)13(8)14-11(4)17-15(16)18(14)5/h7H,1-6H3,(H2,16,17). The zero-order chi connectivity index (χ0) is 14.3. The van der Waals surface area contributed by atoms with Crippen LogP contribution in [0.4, 0.5) is 5.95 Å². The van der Waals surface area contributed by atoms with Crippen LogP contribution in [0, 0.1) is 27.7 Å².